The van der Waals surface area contributed by atoms with Crippen molar-refractivity contribution in [1.29, 1.82) is 0 Å². The zero-order valence-electron chi connectivity index (χ0n) is 22.2. The van der Waals surface area contributed by atoms with E-state index in [0.29, 0.717) is 21.3 Å². The number of nitrogens with one attached hydrogen (secondary N) is 1. The van der Waals surface area contributed by atoms with Crippen molar-refractivity contribution in [2.45, 2.75) is 71.9 Å². The van der Waals surface area contributed by atoms with Gasteiger partial charge in [0.05, 0.1) is 26.9 Å². The van der Waals surface area contributed by atoms with Gasteiger partial charge in [0.2, 0.25) is 0 Å². The maximum absolute atomic E-state index is 14.4. The van der Waals surface area contributed by atoms with Crippen LogP contribution in [0.4, 0.5) is 32.2 Å². The molecule has 3 heterocycles. The Bertz CT molecular complexity index is 1370. The number of carbonyl (C=O) groups is 1. The van der Waals surface area contributed by atoms with Crippen LogP contribution in [0.25, 0.3) is 10.1 Å². The molecule has 4 rings (SSSR count). The van der Waals surface area contributed by atoms with E-state index in [-0.39, 0.29) is 48.2 Å². The molecule has 0 spiro atoms. The molecule has 0 aliphatic carbocycles. The fourth-order valence-electron chi connectivity index (χ4n) is 5.29. The van der Waals surface area contributed by atoms with Crippen LogP contribution in [0.5, 0.6) is 0 Å². The summed E-state index contributed by atoms with van der Waals surface area (Å²) in [4.78, 5) is 15.5. The molecule has 2 aromatic heterocycles. The predicted octanol–water partition coefficient (Wildman–Crippen LogP) is 7.74. The SMILES string of the molecule is Cc1c([C@@H](C)Nc2nnc(C)c3sc(C(=O)C4(C(F)(F)F)CCN(C(C)C)CC4)cc23)cccc1C(F)(F)F. The van der Waals surface area contributed by atoms with Gasteiger partial charge in [-0.2, -0.15) is 31.4 Å². The largest absolute Gasteiger partial charge is 0.416 e. The third kappa shape index (κ3) is 5.37. The number of fused-ring (bicyclic) bond motifs is 1. The molecule has 0 amide bonds. The molecule has 1 N–H and O–H groups in total. The van der Waals surface area contributed by atoms with E-state index < -0.39 is 35.2 Å². The quantitative estimate of drug-likeness (QED) is 0.242. The number of piperidine rings is 1. The molecular weight excluding hydrogens is 542 g/mol. The monoisotopic (exact) mass is 572 g/mol. The average molecular weight is 573 g/mol. The lowest BCUT2D eigenvalue weighted by Crippen LogP contribution is -2.53. The Morgan fingerprint density at radius 1 is 1.05 bits per heavy atom. The second-order valence-electron chi connectivity index (χ2n) is 10.4. The highest BCUT2D eigenvalue weighted by atomic mass is 32.1. The van der Waals surface area contributed by atoms with E-state index in [9.17, 15) is 31.1 Å². The highest BCUT2D eigenvalue weighted by Gasteiger charge is 2.61. The number of carbonyl (C=O) groups excluding carboxylic acids is 1. The van der Waals surface area contributed by atoms with Crippen LogP contribution >= 0.6 is 11.3 Å². The lowest BCUT2D eigenvalue weighted by molar-refractivity contribution is -0.217. The highest BCUT2D eigenvalue weighted by Crippen LogP contribution is 2.50. The first kappa shape index (κ1) is 29.3. The summed E-state index contributed by atoms with van der Waals surface area (Å²) < 4.78 is 84.1. The number of hydrogen-bond acceptors (Lipinski definition) is 6. The summed E-state index contributed by atoms with van der Waals surface area (Å²) in [7, 11) is 0. The van der Waals surface area contributed by atoms with Crippen LogP contribution in [-0.2, 0) is 6.18 Å². The second-order valence-corrected chi connectivity index (χ2v) is 11.5. The van der Waals surface area contributed by atoms with Crippen LogP contribution < -0.4 is 5.32 Å². The molecule has 39 heavy (non-hydrogen) atoms. The van der Waals surface area contributed by atoms with Gasteiger partial charge >= 0.3 is 12.4 Å². The first-order valence-electron chi connectivity index (χ1n) is 12.6. The third-order valence-corrected chi connectivity index (χ3v) is 8.94. The van der Waals surface area contributed by atoms with Gasteiger partial charge < -0.3 is 10.2 Å². The molecule has 1 saturated heterocycles. The van der Waals surface area contributed by atoms with E-state index in [0.717, 1.165) is 17.4 Å². The van der Waals surface area contributed by atoms with Gasteiger partial charge in [0.1, 0.15) is 5.41 Å². The van der Waals surface area contributed by atoms with Gasteiger partial charge in [0, 0.05) is 11.4 Å². The molecule has 212 valence electrons. The molecule has 0 bridgehead atoms. The number of nitrogens with zero attached hydrogens (tertiary/aromatic N) is 3. The van der Waals surface area contributed by atoms with Crippen molar-refractivity contribution in [2.75, 3.05) is 18.4 Å². The van der Waals surface area contributed by atoms with Gasteiger partial charge in [-0.25, -0.2) is 0 Å². The number of anilines is 1. The number of rotatable bonds is 6. The summed E-state index contributed by atoms with van der Waals surface area (Å²) in [6, 6.07) is 4.75. The number of alkyl halides is 6. The van der Waals surface area contributed by atoms with Crippen LogP contribution in [0.2, 0.25) is 0 Å². The molecule has 0 unspecified atom stereocenters. The van der Waals surface area contributed by atoms with Crippen LogP contribution in [0, 0.1) is 19.3 Å². The van der Waals surface area contributed by atoms with Crippen molar-refractivity contribution in [3.05, 3.63) is 51.5 Å². The molecule has 12 heteroatoms. The molecule has 1 aliphatic heterocycles. The van der Waals surface area contributed by atoms with Crippen molar-refractivity contribution in [2.24, 2.45) is 5.41 Å². The van der Waals surface area contributed by atoms with Gasteiger partial charge in [-0.15, -0.1) is 16.4 Å². The Labute approximate surface area is 226 Å². The number of likely N-dealkylation sites (tertiary alicyclic amines) is 1. The predicted molar refractivity (Wildman–Crippen MR) is 139 cm³/mol. The molecule has 1 aromatic carbocycles. The molecule has 1 aliphatic rings. The molecule has 5 nitrogen and oxygen atoms in total. The Morgan fingerprint density at radius 3 is 2.26 bits per heavy atom. The number of hydrogen-bond donors (Lipinski definition) is 1. The molecule has 0 saturated carbocycles. The summed E-state index contributed by atoms with van der Waals surface area (Å²) in [6.45, 7) is 8.84. The average Bonchev–Trinajstić information content (AvgIpc) is 3.30. The van der Waals surface area contributed by atoms with Crippen molar-refractivity contribution >= 4 is 33.0 Å². The zero-order valence-corrected chi connectivity index (χ0v) is 23.0. The van der Waals surface area contributed by atoms with Gasteiger partial charge in [-0.05, 0) is 83.8 Å². The van der Waals surface area contributed by atoms with E-state index in [1.165, 1.54) is 19.1 Å². The standard InChI is InChI=1S/C27H30F6N4OS/c1-14(2)37-11-9-25(10-12-37,27(31,32)33)23(38)21-13-19-22(39-21)17(5)35-36-24(19)34-16(4)18-7-6-8-20(15(18)3)26(28,29)30/h6-8,13-14,16H,9-12H2,1-5H3,(H,34,36)/t16-/m1/s1. The lowest BCUT2D eigenvalue weighted by atomic mass is 9.73. The first-order chi connectivity index (χ1) is 18.1. The number of Topliss-reactive ketones (excluding diaryl/α,β-unsaturated/α-hetero) is 1. The minimum Gasteiger partial charge on any atom is -0.362 e. The van der Waals surface area contributed by atoms with Crippen LogP contribution in [0.3, 0.4) is 0 Å². The van der Waals surface area contributed by atoms with Crippen molar-refractivity contribution in [3.8, 4) is 0 Å². The molecule has 0 radical (unpaired) electrons. The van der Waals surface area contributed by atoms with E-state index in [1.807, 2.05) is 18.7 Å². The summed E-state index contributed by atoms with van der Waals surface area (Å²) in [5.41, 5.74) is -2.34. The molecule has 1 atom stereocenters. The summed E-state index contributed by atoms with van der Waals surface area (Å²) in [5.74, 6) is -0.780. The second kappa shape index (κ2) is 10.3. The fourth-order valence-corrected chi connectivity index (χ4v) is 6.43. The minimum atomic E-state index is -4.72. The van der Waals surface area contributed by atoms with Crippen LogP contribution in [0.15, 0.2) is 24.3 Å². The number of ketones is 1. The smallest absolute Gasteiger partial charge is 0.362 e. The summed E-state index contributed by atoms with van der Waals surface area (Å²) in [5, 5.41) is 11.7. The number of thiophene rings is 1. The minimum absolute atomic E-state index is 0.0378. The number of aryl methyl sites for hydroxylation is 1. The van der Waals surface area contributed by atoms with E-state index >= 15 is 0 Å². The summed E-state index contributed by atoms with van der Waals surface area (Å²) >= 11 is 0.939. The van der Waals surface area contributed by atoms with Gasteiger partial charge in [-0.3, -0.25) is 4.79 Å². The van der Waals surface area contributed by atoms with Crippen molar-refractivity contribution in [1.82, 2.24) is 15.1 Å². The molecular formula is C27H30F6N4OS. The number of halogens is 6. The Hall–Kier alpha value is -2.73. The number of aromatic nitrogens is 2. The van der Waals surface area contributed by atoms with Crippen molar-refractivity contribution in [3.63, 3.8) is 0 Å². The van der Waals surface area contributed by atoms with Crippen LogP contribution in [0.1, 0.15) is 71.7 Å². The zero-order chi connectivity index (χ0) is 28.9. The van der Waals surface area contributed by atoms with E-state index in [1.54, 1.807) is 19.9 Å². The van der Waals surface area contributed by atoms with Crippen molar-refractivity contribution < 1.29 is 31.1 Å². The topological polar surface area (TPSA) is 58.1 Å². The Balaban J connectivity index is 1.70. The normalized spacial score (nSPS) is 17.5. The third-order valence-electron chi connectivity index (χ3n) is 7.70. The van der Waals surface area contributed by atoms with Gasteiger partial charge in [-0.1, -0.05) is 12.1 Å². The van der Waals surface area contributed by atoms with Gasteiger partial charge in [0.15, 0.2) is 11.6 Å². The molecule has 3 aromatic rings. The highest BCUT2D eigenvalue weighted by molar-refractivity contribution is 7.21. The fraction of sp³-hybridized carbons (Fsp3) is 0.519. The summed E-state index contributed by atoms with van der Waals surface area (Å²) in [6.07, 6.45) is -9.88. The lowest BCUT2D eigenvalue weighted by Gasteiger charge is -2.42. The maximum Gasteiger partial charge on any atom is 0.416 e. The Morgan fingerprint density at radius 2 is 1.69 bits per heavy atom. The van der Waals surface area contributed by atoms with Crippen LogP contribution in [-0.4, -0.2) is 46.2 Å². The van der Waals surface area contributed by atoms with E-state index in [2.05, 4.69) is 15.5 Å². The maximum atomic E-state index is 14.4. The number of benzene rings is 1. The Kier molecular flexibility index (Phi) is 7.76. The first-order valence-corrected chi connectivity index (χ1v) is 13.4. The van der Waals surface area contributed by atoms with Gasteiger partial charge in [0.25, 0.3) is 0 Å². The molecule has 1 fully saturated rings. The van der Waals surface area contributed by atoms with E-state index in [4.69, 9.17) is 0 Å².